The van der Waals surface area contributed by atoms with Crippen molar-refractivity contribution in [3.8, 4) is 0 Å². The zero-order chi connectivity index (χ0) is 21.4. The van der Waals surface area contributed by atoms with E-state index in [0.29, 0.717) is 31.9 Å². The number of halogens is 3. The van der Waals surface area contributed by atoms with Gasteiger partial charge in [-0.1, -0.05) is 30.3 Å². The van der Waals surface area contributed by atoms with Gasteiger partial charge in [-0.25, -0.2) is 13.4 Å². The number of sulfonamides is 1. The van der Waals surface area contributed by atoms with Crippen LogP contribution < -0.4 is 4.90 Å². The first-order valence-electron chi connectivity index (χ1n) is 9.52. The lowest BCUT2D eigenvalue weighted by atomic mass is 10.1. The van der Waals surface area contributed by atoms with Crippen LogP contribution in [0, 0.1) is 0 Å². The highest BCUT2D eigenvalue weighted by Gasteiger charge is 2.31. The molecule has 158 valence electrons. The van der Waals surface area contributed by atoms with E-state index in [1.165, 1.54) is 10.4 Å². The summed E-state index contributed by atoms with van der Waals surface area (Å²) in [5.74, 6) is 0.410. The summed E-state index contributed by atoms with van der Waals surface area (Å²) in [6.07, 6.45) is -3.08. The molecule has 0 saturated carbocycles. The minimum atomic E-state index is -4.44. The summed E-state index contributed by atoms with van der Waals surface area (Å²) >= 11 is 0. The zero-order valence-corrected chi connectivity index (χ0v) is 16.8. The molecule has 9 heteroatoms. The molecule has 1 aliphatic heterocycles. The Hall–Kier alpha value is -2.65. The van der Waals surface area contributed by atoms with Gasteiger partial charge in [-0.2, -0.15) is 17.5 Å². The van der Waals surface area contributed by atoms with Crippen molar-refractivity contribution in [2.24, 2.45) is 0 Å². The third-order valence-corrected chi connectivity index (χ3v) is 7.11. The molecular weight excluding hydrogens is 415 g/mol. The van der Waals surface area contributed by atoms with Crippen LogP contribution in [0.25, 0.3) is 10.8 Å². The van der Waals surface area contributed by atoms with E-state index in [0.717, 1.165) is 23.0 Å². The Morgan fingerprint density at radius 3 is 2.33 bits per heavy atom. The summed E-state index contributed by atoms with van der Waals surface area (Å²) in [6, 6.07) is 14.9. The first kappa shape index (κ1) is 20.6. The van der Waals surface area contributed by atoms with E-state index >= 15 is 0 Å². The van der Waals surface area contributed by atoms with E-state index in [1.807, 2.05) is 29.2 Å². The van der Waals surface area contributed by atoms with Crippen LogP contribution in [-0.2, 0) is 16.2 Å². The maximum atomic E-state index is 13.1. The van der Waals surface area contributed by atoms with Crippen LogP contribution >= 0.6 is 0 Å². The second kappa shape index (κ2) is 7.88. The van der Waals surface area contributed by atoms with E-state index in [1.54, 1.807) is 18.2 Å². The van der Waals surface area contributed by atoms with Gasteiger partial charge in [0, 0.05) is 32.4 Å². The fourth-order valence-electron chi connectivity index (χ4n) is 3.58. The topological polar surface area (TPSA) is 53.5 Å². The van der Waals surface area contributed by atoms with Crippen molar-refractivity contribution < 1.29 is 21.6 Å². The number of nitrogens with zero attached hydrogens (tertiary/aromatic N) is 3. The molecule has 1 aliphatic rings. The summed E-state index contributed by atoms with van der Waals surface area (Å²) in [5, 5.41) is 1.82. The predicted octanol–water partition coefficient (Wildman–Crippen LogP) is 4.15. The number of alkyl halides is 3. The number of anilines is 1. The molecule has 0 bridgehead atoms. The van der Waals surface area contributed by atoms with Crippen LogP contribution in [0.1, 0.15) is 12.0 Å². The number of aromatic nitrogens is 1. The van der Waals surface area contributed by atoms with Gasteiger partial charge in [0.05, 0.1) is 10.5 Å². The molecule has 4 rings (SSSR count). The summed E-state index contributed by atoms with van der Waals surface area (Å²) in [4.78, 5) is 5.98. The van der Waals surface area contributed by atoms with Crippen LogP contribution in [0.3, 0.4) is 0 Å². The summed E-state index contributed by atoms with van der Waals surface area (Å²) < 4.78 is 66.0. The quantitative estimate of drug-likeness (QED) is 0.620. The number of hydrogen-bond acceptors (Lipinski definition) is 4. The summed E-state index contributed by atoms with van der Waals surface area (Å²) in [7, 11) is -3.67. The van der Waals surface area contributed by atoms with Gasteiger partial charge in [0.1, 0.15) is 5.82 Å². The van der Waals surface area contributed by atoms with Crippen molar-refractivity contribution in [1.82, 2.24) is 9.29 Å². The molecule has 0 unspecified atom stereocenters. The Balaban J connectivity index is 1.51. The van der Waals surface area contributed by atoms with Crippen molar-refractivity contribution in [3.05, 3.63) is 66.4 Å². The van der Waals surface area contributed by atoms with Gasteiger partial charge in [0.15, 0.2) is 0 Å². The van der Waals surface area contributed by atoms with E-state index < -0.39 is 21.8 Å². The molecule has 0 atom stereocenters. The van der Waals surface area contributed by atoms with Crippen LogP contribution in [0.5, 0.6) is 0 Å². The molecule has 1 fully saturated rings. The van der Waals surface area contributed by atoms with Crippen molar-refractivity contribution >= 4 is 26.6 Å². The van der Waals surface area contributed by atoms with Crippen LogP contribution in [0.15, 0.2) is 65.7 Å². The molecule has 5 nitrogen and oxygen atoms in total. The van der Waals surface area contributed by atoms with Gasteiger partial charge < -0.3 is 4.90 Å². The van der Waals surface area contributed by atoms with Gasteiger partial charge in [-0.15, -0.1) is 0 Å². The molecule has 3 aromatic rings. The first-order chi connectivity index (χ1) is 14.2. The molecule has 30 heavy (non-hydrogen) atoms. The molecule has 0 aliphatic carbocycles. The Kier molecular flexibility index (Phi) is 5.42. The largest absolute Gasteiger partial charge is 0.417 e. The third-order valence-electron chi connectivity index (χ3n) is 5.21. The lowest BCUT2D eigenvalue weighted by Crippen LogP contribution is -2.35. The Morgan fingerprint density at radius 1 is 0.867 bits per heavy atom. The highest BCUT2D eigenvalue weighted by Crippen LogP contribution is 2.30. The van der Waals surface area contributed by atoms with Gasteiger partial charge >= 0.3 is 6.18 Å². The summed E-state index contributed by atoms with van der Waals surface area (Å²) in [5.41, 5.74) is -0.804. The number of fused-ring (bicyclic) bond motifs is 1. The minimum Gasteiger partial charge on any atom is -0.355 e. The fourth-order valence-corrected chi connectivity index (χ4v) is 5.09. The van der Waals surface area contributed by atoms with Crippen LogP contribution in [-0.4, -0.2) is 43.9 Å². The van der Waals surface area contributed by atoms with E-state index in [-0.39, 0.29) is 11.4 Å². The van der Waals surface area contributed by atoms with Crippen LogP contribution in [0.2, 0.25) is 0 Å². The number of benzene rings is 2. The van der Waals surface area contributed by atoms with Gasteiger partial charge in [-0.05, 0) is 41.5 Å². The SMILES string of the molecule is O=S(=O)(c1ccc2ccccc2c1)N1CCCN(c2ccc(C(F)(F)F)cn2)CC1. The Bertz CT molecular complexity index is 1150. The maximum absolute atomic E-state index is 13.1. The molecule has 1 aromatic heterocycles. The molecule has 0 amide bonds. The Morgan fingerprint density at radius 2 is 1.63 bits per heavy atom. The number of hydrogen-bond donors (Lipinski definition) is 0. The zero-order valence-electron chi connectivity index (χ0n) is 16.0. The lowest BCUT2D eigenvalue weighted by molar-refractivity contribution is -0.137. The van der Waals surface area contributed by atoms with E-state index in [9.17, 15) is 21.6 Å². The fraction of sp³-hybridized carbons (Fsp3) is 0.286. The molecule has 0 spiro atoms. The molecular formula is C21H20F3N3O2S. The smallest absolute Gasteiger partial charge is 0.355 e. The van der Waals surface area contributed by atoms with Gasteiger partial charge in [0.25, 0.3) is 0 Å². The second-order valence-electron chi connectivity index (χ2n) is 7.16. The monoisotopic (exact) mass is 435 g/mol. The standard InChI is InChI=1S/C21H20F3N3O2S/c22-21(23,24)18-7-9-20(25-15-18)26-10-3-11-27(13-12-26)30(28,29)19-8-6-16-4-1-2-5-17(16)14-19/h1-2,4-9,14-15H,3,10-13H2. The maximum Gasteiger partial charge on any atom is 0.417 e. The Labute approximate surface area is 172 Å². The average Bonchev–Trinajstić information content (AvgIpc) is 3.00. The molecule has 2 heterocycles. The van der Waals surface area contributed by atoms with Gasteiger partial charge in [0.2, 0.25) is 10.0 Å². The van der Waals surface area contributed by atoms with Crippen molar-refractivity contribution in [3.63, 3.8) is 0 Å². The number of pyridine rings is 1. The van der Waals surface area contributed by atoms with E-state index in [4.69, 9.17) is 0 Å². The normalized spacial score (nSPS) is 16.6. The molecule has 0 radical (unpaired) electrons. The predicted molar refractivity (Wildman–Crippen MR) is 109 cm³/mol. The minimum absolute atomic E-state index is 0.234. The number of rotatable bonds is 3. The highest BCUT2D eigenvalue weighted by atomic mass is 32.2. The van der Waals surface area contributed by atoms with Crippen molar-refractivity contribution in [2.45, 2.75) is 17.5 Å². The third kappa shape index (κ3) is 4.13. The summed E-state index contributed by atoms with van der Waals surface area (Å²) in [6.45, 7) is 1.44. The lowest BCUT2D eigenvalue weighted by Gasteiger charge is -2.23. The molecule has 1 saturated heterocycles. The highest BCUT2D eigenvalue weighted by molar-refractivity contribution is 7.89. The van der Waals surface area contributed by atoms with Crippen molar-refractivity contribution in [1.29, 1.82) is 0 Å². The first-order valence-corrected chi connectivity index (χ1v) is 11.0. The van der Waals surface area contributed by atoms with E-state index in [2.05, 4.69) is 4.98 Å². The van der Waals surface area contributed by atoms with Gasteiger partial charge in [-0.3, -0.25) is 0 Å². The molecule has 0 N–H and O–H groups in total. The second-order valence-corrected chi connectivity index (χ2v) is 9.09. The van der Waals surface area contributed by atoms with Crippen LogP contribution in [0.4, 0.5) is 19.0 Å². The molecule has 2 aromatic carbocycles. The average molecular weight is 435 g/mol. The van der Waals surface area contributed by atoms with Crippen molar-refractivity contribution in [2.75, 3.05) is 31.1 Å².